The molecule has 0 bridgehead atoms. The summed E-state index contributed by atoms with van der Waals surface area (Å²) in [4.78, 5) is 14.5. The molecule has 26 heavy (non-hydrogen) atoms. The summed E-state index contributed by atoms with van der Waals surface area (Å²) in [6, 6.07) is 10.2. The van der Waals surface area contributed by atoms with Gasteiger partial charge in [-0.25, -0.2) is 13.6 Å². The molecule has 1 amide bonds. The maximum atomic E-state index is 12.5. The van der Waals surface area contributed by atoms with Crippen LogP contribution in [0.2, 0.25) is 5.02 Å². The second-order valence-corrected chi connectivity index (χ2v) is 8.45. The van der Waals surface area contributed by atoms with E-state index in [0.717, 1.165) is 16.8 Å². The van der Waals surface area contributed by atoms with Crippen molar-refractivity contribution >= 4 is 38.9 Å². The summed E-state index contributed by atoms with van der Waals surface area (Å²) in [6.07, 6.45) is 0.655. The predicted octanol–water partition coefficient (Wildman–Crippen LogP) is 2.69. The summed E-state index contributed by atoms with van der Waals surface area (Å²) in [5.74, 6) is -0.161. The molecule has 2 aromatic carbocycles. The van der Waals surface area contributed by atoms with E-state index in [2.05, 4.69) is 5.32 Å². The molecule has 0 aliphatic carbocycles. The third-order valence-corrected chi connectivity index (χ3v) is 5.91. The Kier molecular flexibility index (Phi) is 4.96. The van der Waals surface area contributed by atoms with Crippen molar-refractivity contribution in [3.05, 3.63) is 52.5 Å². The molecule has 0 fully saturated rings. The maximum absolute atomic E-state index is 12.5. The summed E-state index contributed by atoms with van der Waals surface area (Å²) >= 11 is 6.09. The third-order valence-electron chi connectivity index (χ3n) is 4.59. The first-order valence-electron chi connectivity index (χ1n) is 8.14. The minimum Gasteiger partial charge on any atom is -0.359 e. The number of nitrogens with two attached hydrogens (primary N) is 1. The lowest BCUT2D eigenvalue weighted by molar-refractivity contribution is -0.115. The van der Waals surface area contributed by atoms with Gasteiger partial charge in [0.15, 0.2) is 0 Å². The molecule has 1 heterocycles. The van der Waals surface area contributed by atoms with Gasteiger partial charge in [-0.3, -0.25) is 4.79 Å². The van der Waals surface area contributed by atoms with E-state index in [1.165, 1.54) is 6.07 Å². The smallest absolute Gasteiger partial charge is 0.243 e. The second-order valence-electron chi connectivity index (χ2n) is 6.48. The van der Waals surface area contributed by atoms with E-state index in [4.69, 9.17) is 16.7 Å². The van der Waals surface area contributed by atoms with Crippen molar-refractivity contribution in [3.63, 3.8) is 0 Å². The Hall–Kier alpha value is -2.09. The van der Waals surface area contributed by atoms with Crippen LogP contribution in [0.15, 0.2) is 41.3 Å². The van der Waals surface area contributed by atoms with E-state index in [-0.39, 0.29) is 23.4 Å². The molecule has 1 aliphatic heterocycles. The Morgan fingerprint density at radius 2 is 2.08 bits per heavy atom. The van der Waals surface area contributed by atoms with Crippen LogP contribution in [0, 0.1) is 6.92 Å². The van der Waals surface area contributed by atoms with E-state index < -0.39 is 10.0 Å². The zero-order valence-corrected chi connectivity index (χ0v) is 16.1. The lowest BCUT2D eigenvalue weighted by atomic mass is 10.1. The van der Waals surface area contributed by atoms with Crippen molar-refractivity contribution < 1.29 is 13.2 Å². The highest BCUT2D eigenvalue weighted by Gasteiger charge is 2.28. The topological polar surface area (TPSA) is 92.5 Å². The van der Waals surface area contributed by atoms with Gasteiger partial charge in [-0.2, -0.15) is 0 Å². The Labute approximate surface area is 158 Å². The SMILES string of the molecule is Cc1c(Cl)cccc1NC(=O)CN1c2ccc(S(N)(=O)=O)cc2C[C@@H]1C. The fourth-order valence-corrected chi connectivity index (χ4v) is 3.92. The lowest BCUT2D eigenvalue weighted by Crippen LogP contribution is -2.37. The van der Waals surface area contributed by atoms with Crippen molar-refractivity contribution in [2.24, 2.45) is 5.14 Å². The van der Waals surface area contributed by atoms with Crippen LogP contribution < -0.4 is 15.4 Å². The molecule has 138 valence electrons. The van der Waals surface area contributed by atoms with E-state index in [0.29, 0.717) is 17.1 Å². The van der Waals surface area contributed by atoms with Gasteiger partial charge in [-0.05, 0) is 61.7 Å². The van der Waals surface area contributed by atoms with Crippen LogP contribution in [0.5, 0.6) is 0 Å². The fourth-order valence-electron chi connectivity index (χ4n) is 3.18. The average Bonchev–Trinajstić information content (AvgIpc) is 2.86. The number of benzene rings is 2. The van der Waals surface area contributed by atoms with Crippen LogP contribution in [0.4, 0.5) is 11.4 Å². The second kappa shape index (κ2) is 6.90. The quantitative estimate of drug-likeness (QED) is 0.835. The standard InChI is InChI=1S/C18H20ClN3O3S/c1-11-8-13-9-14(26(20,24)25)6-7-17(13)22(11)10-18(23)21-16-5-3-4-15(19)12(16)2/h3-7,9,11H,8,10H2,1-2H3,(H,21,23)(H2,20,24,25)/t11-/m0/s1. The van der Waals surface area contributed by atoms with Gasteiger partial charge in [0.2, 0.25) is 15.9 Å². The van der Waals surface area contributed by atoms with E-state index in [1.807, 2.05) is 18.7 Å². The molecule has 6 nitrogen and oxygen atoms in total. The minimum absolute atomic E-state index is 0.0759. The summed E-state index contributed by atoms with van der Waals surface area (Å²) in [5, 5.41) is 8.68. The molecule has 8 heteroatoms. The van der Waals surface area contributed by atoms with Crippen LogP contribution >= 0.6 is 11.6 Å². The molecule has 0 saturated heterocycles. The van der Waals surface area contributed by atoms with Crippen LogP contribution in [-0.2, 0) is 21.2 Å². The summed E-state index contributed by atoms with van der Waals surface area (Å²) < 4.78 is 23.1. The van der Waals surface area contributed by atoms with Crippen LogP contribution in [-0.4, -0.2) is 26.9 Å². The highest BCUT2D eigenvalue weighted by molar-refractivity contribution is 7.89. The molecule has 1 aliphatic rings. The first-order valence-corrected chi connectivity index (χ1v) is 10.1. The van der Waals surface area contributed by atoms with Gasteiger partial charge in [0, 0.05) is 22.4 Å². The number of halogens is 1. The number of hydrogen-bond donors (Lipinski definition) is 2. The Bertz CT molecular complexity index is 976. The van der Waals surface area contributed by atoms with Crippen LogP contribution in [0.1, 0.15) is 18.1 Å². The van der Waals surface area contributed by atoms with Crippen LogP contribution in [0.3, 0.4) is 0 Å². The number of primary sulfonamides is 1. The molecule has 2 aromatic rings. The zero-order chi connectivity index (χ0) is 19.1. The number of rotatable bonds is 4. The maximum Gasteiger partial charge on any atom is 0.243 e. The normalized spacial score (nSPS) is 16.5. The fraction of sp³-hybridized carbons (Fsp3) is 0.278. The van der Waals surface area contributed by atoms with Gasteiger partial charge in [0.05, 0.1) is 11.4 Å². The number of carbonyl (C=O) groups is 1. The zero-order valence-electron chi connectivity index (χ0n) is 14.5. The minimum atomic E-state index is -3.74. The largest absolute Gasteiger partial charge is 0.359 e. The first-order chi connectivity index (χ1) is 12.2. The molecule has 0 spiro atoms. The summed E-state index contributed by atoms with van der Waals surface area (Å²) in [6.45, 7) is 4.00. The molecule has 0 saturated carbocycles. The van der Waals surface area contributed by atoms with Crippen molar-refractivity contribution in [3.8, 4) is 0 Å². The number of nitrogens with zero attached hydrogens (tertiary/aromatic N) is 1. The van der Waals surface area contributed by atoms with E-state index in [9.17, 15) is 13.2 Å². The van der Waals surface area contributed by atoms with Crippen molar-refractivity contribution in [1.29, 1.82) is 0 Å². The number of amides is 1. The molecule has 3 N–H and O–H groups in total. The monoisotopic (exact) mass is 393 g/mol. The van der Waals surface area contributed by atoms with Crippen molar-refractivity contribution in [1.82, 2.24) is 0 Å². The molecule has 0 aromatic heterocycles. The van der Waals surface area contributed by atoms with Gasteiger partial charge in [0.1, 0.15) is 0 Å². The molecule has 1 atom stereocenters. The van der Waals surface area contributed by atoms with E-state index >= 15 is 0 Å². The van der Waals surface area contributed by atoms with Gasteiger partial charge < -0.3 is 10.2 Å². The van der Waals surface area contributed by atoms with Gasteiger partial charge >= 0.3 is 0 Å². The third kappa shape index (κ3) is 3.70. The number of fused-ring (bicyclic) bond motifs is 1. The molecule has 3 rings (SSSR count). The lowest BCUT2D eigenvalue weighted by Gasteiger charge is -2.24. The Morgan fingerprint density at radius 1 is 1.35 bits per heavy atom. The molecular formula is C18H20ClN3O3S. The average molecular weight is 394 g/mol. The van der Waals surface area contributed by atoms with Gasteiger partial charge in [-0.15, -0.1) is 0 Å². The molecular weight excluding hydrogens is 374 g/mol. The Balaban J connectivity index is 1.79. The molecule has 0 unspecified atom stereocenters. The number of sulfonamides is 1. The highest BCUT2D eigenvalue weighted by atomic mass is 35.5. The first kappa shape index (κ1) is 18.7. The van der Waals surface area contributed by atoms with Gasteiger partial charge in [0.25, 0.3) is 0 Å². The number of hydrogen-bond acceptors (Lipinski definition) is 4. The predicted molar refractivity (Wildman–Crippen MR) is 103 cm³/mol. The highest BCUT2D eigenvalue weighted by Crippen LogP contribution is 2.33. The number of anilines is 2. The Morgan fingerprint density at radius 3 is 2.77 bits per heavy atom. The molecule has 0 radical (unpaired) electrons. The summed E-state index contributed by atoms with van der Waals surface area (Å²) in [7, 11) is -3.74. The van der Waals surface area contributed by atoms with E-state index in [1.54, 1.807) is 30.3 Å². The van der Waals surface area contributed by atoms with Crippen LogP contribution in [0.25, 0.3) is 0 Å². The van der Waals surface area contributed by atoms with Gasteiger partial charge in [-0.1, -0.05) is 17.7 Å². The number of nitrogens with one attached hydrogen (secondary N) is 1. The summed E-state index contributed by atoms with van der Waals surface area (Å²) in [5.41, 5.74) is 3.22. The van der Waals surface area contributed by atoms with Crippen molar-refractivity contribution in [2.45, 2.75) is 31.2 Å². The van der Waals surface area contributed by atoms with Crippen molar-refractivity contribution in [2.75, 3.05) is 16.8 Å². The number of carbonyl (C=O) groups excluding carboxylic acids is 1.